The SMILES string of the molecule is COc1cc(C(=O)NCCNc2ccc(-n3nc(C)cc3C)nn2)cc(OC)c1OC. The van der Waals surface area contributed by atoms with Crippen molar-refractivity contribution in [3.8, 4) is 23.1 Å². The molecule has 0 bridgehead atoms. The van der Waals surface area contributed by atoms with Crippen LogP contribution < -0.4 is 24.8 Å². The molecule has 1 aromatic carbocycles. The second kappa shape index (κ2) is 9.79. The summed E-state index contributed by atoms with van der Waals surface area (Å²) in [6, 6.07) is 8.84. The molecule has 0 spiro atoms. The molecule has 164 valence electrons. The predicted octanol–water partition coefficient (Wildman–Crippen LogP) is 2.15. The van der Waals surface area contributed by atoms with Gasteiger partial charge in [0.15, 0.2) is 17.3 Å². The average Bonchev–Trinajstić information content (AvgIpc) is 3.13. The molecule has 2 N–H and O–H groups in total. The van der Waals surface area contributed by atoms with E-state index in [4.69, 9.17) is 14.2 Å². The van der Waals surface area contributed by atoms with Crippen LogP contribution in [0.5, 0.6) is 17.2 Å². The zero-order chi connectivity index (χ0) is 22.4. The summed E-state index contributed by atoms with van der Waals surface area (Å²) < 4.78 is 17.6. The summed E-state index contributed by atoms with van der Waals surface area (Å²) in [5.41, 5.74) is 2.31. The van der Waals surface area contributed by atoms with Crippen LogP contribution in [0.4, 0.5) is 5.82 Å². The van der Waals surface area contributed by atoms with Crippen molar-refractivity contribution >= 4 is 11.7 Å². The van der Waals surface area contributed by atoms with Gasteiger partial charge in [-0.15, -0.1) is 10.2 Å². The first-order valence-corrected chi connectivity index (χ1v) is 9.66. The minimum atomic E-state index is -0.257. The van der Waals surface area contributed by atoms with E-state index in [1.54, 1.807) is 16.8 Å². The molecule has 2 heterocycles. The van der Waals surface area contributed by atoms with Gasteiger partial charge in [0, 0.05) is 24.3 Å². The molecule has 3 rings (SSSR count). The van der Waals surface area contributed by atoms with Gasteiger partial charge in [-0.1, -0.05) is 0 Å². The summed E-state index contributed by atoms with van der Waals surface area (Å²) in [6.45, 7) is 4.75. The number of ether oxygens (including phenoxy) is 3. The fourth-order valence-electron chi connectivity index (χ4n) is 3.07. The summed E-state index contributed by atoms with van der Waals surface area (Å²) in [7, 11) is 4.52. The fraction of sp³-hybridized carbons (Fsp3) is 0.333. The quantitative estimate of drug-likeness (QED) is 0.501. The Hall–Kier alpha value is -3.82. The predicted molar refractivity (Wildman–Crippen MR) is 116 cm³/mol. The number of amides is 1. The number of aromatic nitrogens is 4. The van der Waals surface area contributed by atoms with Gasteiger partial charge in [-0.3, -0.25) is 4.79 Å². The van der Waals surface area contributed by atoms with Gasteiger partial charge in [-0.2, -0.15) is 5.10 Å². The number of nitrogens with one attached hydrogen (secondary N) is 2. The smallest absolute Gasteiger partial charge is 0.251 e. The number of carbonyl (C=O) groups is 1. The Morgan fingerprint density at radius 3 is 2.19 bits per heavy atom. The summed E-state index contributed by atoms with van der Waals surface area (Å²) in [5, 5.41) is 18.7. The molecule has 0 atom stereocenters. The number of methoxy groups -OCH3 is 3. The minimum absolute atomic E-state index is 0.257. The molecule has 0 radical (unpaired) electrons. The zero-order valence-corrected chi connectivity index (χ0v) is 18.2. The van der Waals surface area contributed by atoms with Crippen molar-refractivity contribution in [2.24, 2.45) is 0 Å². The normalized spacial score (nSPS) is 10.5. The van der Waals surface area contributed by atoms with E-state index in [1.165, 1.54) is 21.3 Å². The highest BCUT2D eigenvalue weighted by molar-refractivity contribution is 5.95. The molecule has 1 amide bonds. The Labute approximate surface area is 180 Å². The summed E-state index contributed by atoms with van der Waals surface area (Å²) >= 11 is 0. The second-order valence-corrected chi connectivity index (χ2v) is 6.71. The number of hydrogen-bond acceptors (Lipinski definition) is 8. The molecule has 0 saturated heterocycles. The Morgan fingerprint density at radius 2 is 1.68 bits per heavy atom. The second-order valence-electron chi connectivity index (χ2n) is 6.71. The van der Waals surface area contributed by atoms with Crippen LogP contribution in [-0.2, 0) is 0 Å². The molecule has 0 fully saturated rings. The molecule has 3 aromatic rings. The van der Waals surface area contributed by atoms with Gasteiger partial charge in [-0.05, 0) is 44.2 Å². The summed E-state index contributed by atoms with van der Waals surface area (Å²) in [4.78, 5) is 12.5. The van der Waals surface area contributed by atoms with E-state index >= 15 is 0 Å². The van der Waals surface area contributed by atoms with E-state index < -0.39 is 0 Å². The number of rotatable bonds is 9. The Bertz CT molecular complexity index is 1020. The molecule has 31 heavy (non-hydrogen) atoms. The van der Waals surface area contributed by atoms with Crippen LogP contribution in [0.3, 0.4) is 0 Å². The van der Waals surface area contributed by atoms with Crippen molar-refractivity contribution in [3.63, 3.8) is 0 Å². The molecule has 0 aliphatic heterocycles. The number of nitrogens with zero attached hydrogens (tertiary/aromatic N) is 4. The number of benzene rings is 1. The molecule has 10 heteroatoms. The van der Waals surface area contributed by atoms with Gasteiger partial charge in [0.1, 0.15) is 5.82 Å². The standard InChI is InChI=1S/C21H26N6O4/c1-13-10-14(2)27(26-13)19-7-6-18(24-25-19)22-8-9-23-21(28)15-11-16(29-3)20(31-5)17(12-15)30-4/h6-7,10-12H,8-9H2,1-5H3,(H,22,24)(H,23,28). The Kier molecular flexibility index (Phi) is 6.91. The molecule has 10 nitrogen and oxygen atoms in total. The topological polar surface area (TPSA) is 112 Å². The average molecular weight is 426 g/mol. The number of carbonyl (C=O) groups excluding carboxylic acids is 1. The largest absolute Gasteiger partial charge is 0.493 e. The van der Waals surface area contributed by atoms with E-state index in [0.29, 0.717) is 47.5 Å². The van der Waals surface area contributed by atoms with Gasteiger partial charge < -0.3 is 24.8 Å². The first-order chi connectivity index (χ1) is 15.0. The molecular weight excluding hydrogens is 400 g/mol. The fourth-order valence-corrected chi connectivity index (χ4v) is 3.07. The Balaban J connectivity index is 1.55. The molecular formula is C21H26N6O4. The van der Waals surface area contributed by atoms with Crippen molar-refractivity contribution in [3.05, 3.63) is 47.3 Å². The zero-order valence-electron chi connectivity index (χ0n) is 18.2. The molecule has 2 aromatic heterocycles. The lowest BCUT2D eigenvalue weighted by Gasteiger charge is -2.14. The molecule has 0 aliphatic carbocycles. The highest BCUT2D eigenvalue weighted by atomic mass is 16.5. The van der Waals surface area contributed by atoms with Crippen LogP contribution in [0.25, 0.3) is 5.82 Å². The maximum absolute atomic E-state index is 12.5. The number of anilines is 1. The van der Waals surface area contributed by atoms with E-state index in [0.717, 1.165) is 11.4 Å². The van der Waals surface area contributed by atoms with Crippen LogP contribution in [0, 0.1) is 13.8 Å². The van der Waals surface area contributed by atoms with Crippen molar-refractivity contribution in [2.45, 2.75) is 13.8 Å². The monoisotopic (exact) mass is 426 g/mol. The van der Waals surface area contributed by atoms with Crippen molar-refractivity contribution in [1.82, 2.24) is 25.3 Å². The Morgan fingerprint density at radius 1 is 0.968 bits per heavy atom. The molecule has 0 unspecified atom stereocenters. The van der Waals surface area contributed by atoms with E-state index in [-0.39, 0.29) is 5.91 Å². The maximum atomic E-state index is 12.5. The maximum Gasteiger partial charge on any atom is 0.251 e. The highest BCUT2D eigenvalue weighted by Crippen LogP contribution is 2.38. The van der Waals surface area contributed by atoms with Gasteiger partial charge in [0.2, 0.25) is 5.75 Å². The van der Waals surface area contributed by atoms with Crippen LogP contribution >= 0.6 is 0 Å². The number of hydrogen-bond donors (Lipinski definition) is 2. The highest BCUT2D eigenvalue weighted by Gasteiger charge is 2.16. The van der Waals surface area contributed by atoms with Crippen LogP contribution in [-0.4, -0.2) is 60.3 Å². The van der Waals surface area contributed by atoms with E-state index in [2.05, 4.69) is 25.9 Å². The van der Waals surface area contributed by atoms with Gasteiger partial charge in [-0.25, -0.2) is 4.68 Å². The summed E-state index contributed by atoms with van der Waals surface area (Å²) in [6.07, 6.45) is 0. The lowest BCUT2D eigenvalue weighted by atomic mass is 10.1. The minimum Gasteiger partial charge on any atom is -0.493 e. The van der Waals surface area contributed by atoms with Gasteiger partial charge >= 0.3 is 0 Å². The molecule has 0 aliphatic rings. The van der Waals surface area contributed by atoms with Crippen LogP contribution in [0.15, 0.2) is 30.3 Å². The van der Waals surface area contributed by atoms with Crippen molar-refractivity contribution < 1.29 is 19.0 Å². The first kappa shape index (κ1) is 21.9. The summed E-state index contributed by atoms with van der Waals surface area (Å²) in [5.74, 6) is 2.27. The van der Waals surface area contributed by atoms with Crippen molar-refractivity contribution in [1.29, 1.82) is 0 Å². The third-order valence-electron chi connectivity index (χ3n) is 4.52. The third kappa shape index (κ3) is 5.03. The molecule has 0 saturated carbocycles. The van der Waals surface area contributed by atoms with Crippen molar-refractivity contribution in [2.75, 3.05) is 39.7 Å². The van der Waals surface area contributed by atoms with E-state index in [1.807, 2.05) is 32.0 Å². The van der Waals surface area contributed by atoms with Gasteiger partial charge in [0.05, 0.1) is 27.0 Å². The lowest BCUT2D eigenvalue weighted by molar-refractivity contribution is 0.0954. The third-order valence-corrected chi connectivity index (χ3v) is 4.52. The van der Waals surface area contributed by atoms with Gasteiger partial charge in [0.25, 0.3) is 5.91 Å². The number of aryl methyl sites for hydroxylation is 2. The first-order valence-electron chi connectivity index (χ1n) is 9.66. The van der Waals surface area contributed by atoms with Crippen LogP contribution in [0.2, 0.25) is 0 Å². The lowest BCUT2D eigenvalue weighted by Crippen LogP contribution is -2.29. The van der Waals surface area contributed by atoms with E-state index in [9.17, 15) is 4.79 Å². The van der Waals surface area contributed by atoms with Crippen LogP contribution in [0.1, 0.15) is 21.7 Å².